The van der Waals surface area contributed by atoms with Crippen LogP contribution in [0.1, 0.15) is 78.6 Å². The monoisotopic (exact) mass is 420 g/mol. The fraction of sp³-hybridized carbons (Fsp3) is 0.842. The van der Waals surface area contributed by atoms with Crippen LogP contribution >= 0.6 is 0 Å². The molecule has 0 aromatic heterocycles. The van der Waals surface area contributed by atoms with Crippen LogP contribution in [-0.4, -0.2) is 48.8 Å². The first-order valence-electron chi connectivity index (χ1n) is 9.67. The van der Waals surface area contributed by atoms with Gasteiger partial charge in [-0.2, -0.15) is 0 Å². The highest BCUT2D eigenvalue weighted by Crippen LogP contribution is 2.16. The minimum absolute atomic E-state index is 0. The van der Waals surface area contributed by atoms with Gasteiger partial charge in [0, 0.05) is 0 Å². The molecule has 2 amide bonds. The van der Waals surface area contributed by atoms with E-state index in [1.165, 1.54) is 25.7 Å². The fourth-order valence-corrected chi connectivity index (χ4v) is 3.10. The summed E-state index contributed by atoms with van der Waals surface area (Å²) in [4.78, 5) is 33.3. The number of nitrogens with zero attached hydrogens (tertiary/aromatic N) is 1. The number of carbonyl (C=O) groups is 3. The van der Waals surface area contributed by atoms with Crippen molar-refractivity contribution >= 4 is 18.1 Å². The Bertz CT molecular complexity index is 368. The number of imide groups is 1. The number of hydrogen-bond donors (Lipinski definition) is 1. The summed E-state index contributed by atoms with van der Waals surface area (Å²) in [6, 6.07) is 0. The van der Waals surface area contributed by atoms with Crippen LogP contribution in [0.15, 0.2) is 0 Å². The van der Waals surface area contributed by atoms with Gasteiger partial charge >= 0.3 is 0 Å². The molecular formula is C19H37BrN2O3. The molecular weight excluding hydrogens is 384 g/mol. The van der Waals surface area contributed by atoms with Gasteiger partial charge < -0.3 is 21.5 Å². The van der Waals surface area contributed by atoms with E-state index in [0.717, 1.165) is 56.3 Å². The van der Waals surface area contributed by atoms with E-state index >= 15 is 0 Å². The maximum atomic E-state index is 11.9. The van der Waals surface area contributed by atoms with E-state index in [-0.39, 0.29) is 29.2 Å². The average molecular weight is 421 g/mol. The molecule has 0 aliphatic carbocycles. The van der Waals surface area contributed by atoms with Crippen LogP contribution < -0.4 is 22.3 Å². The van der Waals surface area contributed by atoms with Crippen molar-refractivity contribution in [1.29, 1.82) is 0 Å². The number of carbonyl (C=O) groups excluding carboxylic acids is 3. The van der Waals surface area contributed by atoms with E-state index < -0.39 is 5.91 Å². The lowest BCUT2D eigenvalue weighted by atomic mass is 10.1. The summed E-state index contributed by atoms with van der Waals surface area (Å²) in [7, 11) is 0. The third-order valence-electron chi connectivity index (χ3n) is 4.64. The van der Waals surface area contributed by atoms with Gasteiger partial charge in [-0.1, -0.05) is 46.5 Å². The molecule has 25 heavy (non-hydrogen) atoms. The molecule has 0 saturated heterocycles. The largest absolute Gasteiger partial charge is 1.00 e. The Morgan fingerprint density at radius 3 is 1.80 bits per heavy atom. The zero-order valence-electron chi connectivity index (χ0n) is 16.3. The summed E-state index contributed by atoms with van der Waals surface area (Å²) < 4.78 is 0.966. The van der Waals surface area contributed by atoms with Crippen LogP contribution in [0.2, 0.25) is 0 Å². The Labute approximate surface area is 164 Å². The van der Waals surface area contributed by atoms with E-state index in [1.54, 1.807) is 0 Å². The zero-order valence-corrected chi connectivity index (χ0v) is 17.9. The molecule has 0 aliphatic rings. The lowest BCUT2D eigenvalue weighted by Crippen LogP contribution is -3.00. The Hall–Kier alpha value is -0.750. The van der Waals surface area contributed by atoms with Crippen molar-refractivity contribution in [3.8, 4) is 0 Å². The van der Waals surface area contributed by atoms with Crippen LogP contribution in [0.4, 0.5) is 0 Å². The van der Waals surface area contributed by atoms with Crippen molar-refractivity contribution in [1.82, 2.24) is 5.32 Å². The topological polar surface area (TPSA) is 63.2 Å². The molecule has 0 rings (SSSR count). The maximum Gasteiger partial charge on any atom is 0.290 e. The van der Waals surface area contributed by atoms with Crippen molar-refractivity contribution in [2.75, 3.05) is 26.2 Å². The van der Waals surface area contributed by atoms with Crippen molar-refractivity contribution < 1.29 is 35.8 Å². The van der Waals surface area contributed by atoms with Crippen molar-refractivity contribution in [2.45, 2.75) is 78.6 Å². The van der Waals surface area contributed by atoms with Gasteiger partial charge in [0.25, 0.3) is 5.91 Å². The molecule has 148 valence electrons. The Balaban J connectivity index is 0. The fourth-order valence-electron chi connectivity index (χ4n) is 3.10. The van der Waals surface area contributed by atoms with Gasteiger partial charge in [-0.05, 0) is 25.7 Å². The third kappa shape index (κ3) is 13.2. The second-order valence-corrected chi connectivity index (χ2v) is 6.78. The molecule has 0 atom stereocenters. The second kappa shape index (κ2) is 16.7. The number of unbranched alkanes of at least 4 members (excludes halogenated alkanes) is 5. The molecule has 0 unspecified atom stereocenters. The number of halogens is 1. The van der Waals surface area contributed by atoms with Gasteiger partial charge in [0.1, 0.15) is 0 Å². The molecule has 5 nitrogen and oxygen atoms in total. The minimum Gasteiger partial charge on any atom is -1.00 e. The second-order valence-electron chi connectivity index (χ2n) is 6.78. The zero-order chi connectivity index (χ0) is 18.3. The molecule has 0 aromatic rings. The van der Waals surface area contributed by atoms with Gasteiger partial charge in [0.05, 0.1) is 32.6 Å². The van der Waals surface area contributed by atoms with Crippen LogP contribution in [0.5, 0.6) is 0 Å². The highest BCUT2D eigenvalue weighted by molar-refractivity contribution is 6.27. The number of rotatable bonds is 15. The summed E-state index contributed by atoms with van der Waals surface area (Å²) in [5.74, 6) is -1.18. The normalized spacial score (nSPS) is 10.8. The Morgan fingerprint density at radius 1 is 0.800 bits per heavy atom. The van der Waals surface area contributed by atoms with Gasteiger partial charge in [-0.3, -0.25) is 19.7 Å². The molecule has 0 aromatic carbocycles. The van der Waals surface area contributed by atoms with E-state index in [9.17, 15) is 14.4 Å². The van der Waals surface area contributed by atoms with E-state index in [2.05, 4.69) is 26.1 Å². The summed E-state index contributed by atoms with van der Waals surface area (Å²) in [5, 5.41) is 2.13. The molecule has 1 N–H and O–H groups in total. The van der Waals surface area contributed by atoms with Crippen molar-refractivity contribution in [2.24, 2.45) is 0 Å². The highest BCUT2D eigenvalue weighted by atomic mass is 79.9. The van der Waals surface area contributed by atoms with E-state index in [0.29, 0.717) is 6.42 Å². The molecule has 6 heteroatoms. The maximum absolute atomic E-state index is 11.9. The minimum atomic E-state index is -0.844. The van der Waals surface area contributed by atoms with Crippen molar-refractivity contribution in [3.05, 3.63) is 0 Å². The first kappa shape index (κ1) is 26.5. The summed E-state index contributed by atoms with van der Waals surface area (Å²) in [5.41, 5.74) is 0. The van der Waals surface area contributed by atoms with Crippen molar-refractivity contribution in [3.63, 3.8) is 0 Å². The molecule has 0 radical (unpaired) electrons. The molecule has 0 heterocycles. The lowest BCUT2D eigenvalue weighted by Gasteiger charge is -2.39. The lowest BCUT2D eigenvalue weighted by molar-refractivity contribution is -0.928. The number of aldehydes is 1. The smallest absolute Gasteiger partial charge is 0.290 e. The Morgan fingerprint density at radius 2 is 1.32 bits per heavy atom. The molecule has 0 aliphatic heterocycles. The molecule has 0 saturated carbocycles. The average Bonchev–Trinajstić information content (AvgIpc) is 2.59. The van der Waals surface area contributed by atoms with E-state index in [4.69, 9.17) is 0 Å². The van der Waals surface area contributed by atoms with Gasteiger partial charge in [-0.15, -0.1) is 0 Å². The highest BCUT2D eigenvalue weighted by Gasteiger charge is 2.27. The Kier molecular flexibility index (Phi) is 17.7. The predicted molar refractivity (Wildman–Crippen MR) is 97.5 cm³/mol. The van der Waals surface area contributed by atoms with Gasteiger partial charge in [0.2, 0.25) is 12.2 Å². The van der Waals surface area contributed by atoms with Crippen LogP contribution in [-0.2, 0) is 14.4 Å². The van der Waals surface area contributed by atoms with Gasteiger partial charge in [-0.25, -0.2) is 0 Å². The summed E-state index contributed by atoms with van der Waals surface area (Å²) >= 11 is 0. The summed E-state index contributed by atoms with van der Waals surface area (Å²) in [6.45, 7) is 10.7. The first-order valence-corrected chi connectivity index (χ1v) is 9.67. The molecule has 0 bridgehead atoms. The van der Waals surface area contributed by atoms with Gasteiger partial charge in [0.15, 0.2) is 0 Å². The van der Waals surface area contributed by atoms with E-state index in [1.807, 2.05) is 0 Å². The molecule has 0 spiro atoms. The number of amides is 2. The number of hydrogen-bond acceptors (Lipinski definition) is 3. The molecule has 0 fully saturated rings. The van der Waals surface area contributed by atoms with Crippen LogP contribution in [0, 0.1) is 0 Å². The predicted octanol–water partition coefficient (Wildman–Crippen LogP) is 0.220. The standard InChI is InChI=1S/C19H36N2O3.BrH/c1-4-7-10-11-15-21(13-8-5-2,14-9-6-3)16-12-18(23)20-19(24)17-22;/h17H,4-16H2,1-3H3;1H. The van der Waals surface area contributed by atoms with Crippen LogP contribution in [0.3, 0.4) is 0 Å². The first-order chi connectivity index (χ1) is 11.5. The summed E-state index contributed by atoms with van der Waals surface area (Å²) in [6.07, 6.45) is 9.99. The number of nitrogens with one attached hydrogen (secondary N) is 1. The third-order valence-corrected chi connectivity index (χ3v) is 4.64. The SMILES string of the molecule is CCCCCC[N+](CCCC)(CCCC)CCC(=O)NC(=O)C=O.[Br-]. The quantitative estimate of drug-likeness (QED) is 0.178. The van der Waals surface area contributed by atoms with Crippen LogP contribution in [0.25, 0.3) is 0 Å². The number of quaternary nitrogens is 1.